The van der Waals surface area contributed by atoms with Crippen LogP contribution in [0.25, 0.3) is 11.4 Å². The van der Waals surface area contributed by atoms with Crippen molar-refractivity contribution in [1.82, 2.24) is 10.1 Å². The number of hydrogen-bond donors (Lipinski definition) is 0. The Labute approximate surface area is 161 Å². The van der Waals surface area contributed by atoms with Crippen molar-refractivity contribution in [3.8, 4) is 22.9 Å². The maximum Gasteiger partial charge on any atom is 0.236 e. The molecule has 1 aromatic heterocycles. The molecule has 0 radical (unpaired) electrons. The summed E-state index contributed by atoms with van der Waals surface area (Å²) in [6.45, 7) is 2.14. The van der Waals surface area contributed by atoms with Gasteiger partial charge in [-0.05, 0) is 42.8 Å². The molecule has 26 heavy (non-hydrogen) atoms. The summed E-state index contributed by atoms with van der Waals surface area (Å²) in [7, 11) is 3.20. The fourth-order valence-electron chi connectivity index (χ4n) is 2.43. The average Bonchev–Trinajstić information content (AvgIpc) is 3.15. The number of ether oxygens (including phenoxy) is 2. The third-order valence-corrected chi connectivity index (χ3v) is 5.34. The molecule has 0 fully saturated rings. The summed E-state index contributed by atoms with van der Waals surface area (Å²) in [4.78, 5) is 4.48. The molecule has 1 unspecified atom stereocenters. The van der Waals surface area contributed by atoms with Crippen LogP contribution in [0.15, 0.2) is 47.0 Å². The van der Waals surface area contributed by atoms with Gasteiger partial charge in [0, 0.05) is 15.8 Å². The van der Waals surface area contributed by atoms with Crippen molar-refractivity contribution in [2.75, 3.05) is 14.2 Å². The highest BCUT2D eigenvalue weighted by Crippen LogP contribution is 2.33. The molecule has 5 nitrogen and oxygen atoms in total. The Balaban J connectivity index is 1.67. The van der Waals surface area contributed by atoms with Gasteiger partial charge in [-0.1, -0.05) is 28.9 Å². The first kappa shape index (κ1) is 18.6. The number of nitrogens with zero attached hydrogens (tertiary/aromatic N) is 2. The molecule has 7 heteroatoms. The van der Waals surface area contributed by atoms with E-state index in [-0.39, 0.29) is 0 Å². The molecule has 0 aliphatic heterocycles. The van der Waals surface area contributed by atoms with Crippen LogP contribution in [-0.4, -0.2) is 24.4 Å². The summed E-state index contributed by atoms with van der Waals surface area (Å²) in [5.41, 5.74) is 2.02. The van der Waals surface area contributed by atoms with Crippen molar-refractivity contribution in [3.63, 3.8) is 0 Å². The van der Waals surface area contributed by atoms with Crippen LogP contribution in [0.3, 0.4) is 0 Å². The van der Waals surface area contributed by atoms with E-state index in [9.17, 15) is 0 Å². The highest BCUT2D eigenvalue weighted by atomic mass is 35.5. The Bertz CT molecular complexity index is 867. The molecule has 2 aromatic carbocycles. The summed E-state index contributed by atoms with van der Waals surface area (Å²) >= 11 is 7.66. The minimum absolute atomic E-state index is 0.295. The largest absolute Gasteiger partial charge is 0.493 e. The van der Waals surface area contributed by atoms with Gasteiger partial charge in [0.15, 0.2) is 11.5 Å². The van der Waals surface area contributed by atoms with Crippen molar-refractivity contribution in [2.45, 2.75) is 17.9 Å². The van der Waals surface area contributed by atoms with Gasteiger partial charge < -0.3 is 14.0 Å². The molecule has 0 saturated heterocycles. The molecular formula is C19H19ClN2O3S. The summed E-state index contributed by atoms with van der Waals surface area (Å²) in [6.07, 6.45) is 0. The zero-order valence-corrected chi connectivity index (χ0v) is 16.3. The topological polar surface area (TPSA) is 57.4 Å². The standard InChI is InChI=1S/C19H19ClN2O3S/c1-12(13-4-7-15(20)8-5-13)26-11-18-21-19(22-25-18)14-6-9-16(23-2)17(10-14)24-3/h4-10,12H,11H2,1-3H3. The van der Waals surface area contributed by atoms with Crippen LogP contribution in [-0.2, 0) is 5.75 Å². The fraction of sp³-hybridized carbons (Fsp3) is 0.263. The van der Waals surface area contributed by atoms with Crippen molar-refractivity contribution in [2.24, 2.45) is 0 Å². The molecule has 1 atom stereocenters. The van der Waals surface area contributed by atoms with Gasteiger partial charge in [0.1, 0.15) is 0 Å². The second kappa shape index (κ2) is 8.47. The van der Waals surface area contributed by atoms with Crippen molar-refractivity contribution < 1.29 is 14.0 Å². The highest BCUT2D eigenvalue weighted by Gasteiger charge is 2.14. The normalized spacial score (nSPS) is 12.0. The van der Waals surface area contributed by atoms with E-state index in [2.05, 4.69) is 17.1 Å². The van der Waals surface area contributed by atoms with Gasteiger partial charge in [-0.3, -0.25) is 0 Å². The first-order chi connectivity index (χ1) is 12.6. The van der Waals surface area contributed by atoms with Crippen LogP contribution in [0.1, 0.15) is 23.6 Å². The molecule has 0 saturated carbocycles. The summed E-state index contributed by atoms with van der Waals surface area (Å²) in [6, 6.07) is 13.4. The van der Waals surface area contributed by atoms with E-state index in [0.717, 1.165) is 10.6 Å². The monoisotopic (exact) mass is 390 g/mol. The molecule has 0 N–H and O–H groups in total. The first-order valence-corrected chi connectivity index (χ1v) is 9.45. The van der Waals surface area contributed by atoms with Gasteiger partial charge in [0.2, 0.25) is 11.7 Å². The van der Waals surface area contributed by atoms with E-state index < -0.39 is 0 Å². The smallest absolute Gasteiger partial charge is 0.236 e. The Morgan fingerprint density at radius 1 is 1.08 bits per heavy atom. The second-order valence-corrected chi connectivity index (χ2v) is 7.35. The molecule has 3 rings (SSSR count). The third kappa shape index (κ3) is 4.31. The lowest BCUT2D eigenvalue weighted by molar-refractivity contribution is 0.355. The van der Waals surface area contributed by atoms with Crippen LogP contribution < -0.4 is 9.47 Å². The van der Waals surface area contributed by atoms with Gasteiger partial charge in [-0.25, -0.2) is 0 Å². The zero-order chi connectivity index (χ0) is 18.5. The zero-order valence-electron chi connectivity index (χ0n) is 14.7. The van der Waals surface area contributed by atoms with Crippen LogP contribution in [0, 0.1) is 0 Å². The van der Waals surface area contributed by atoms with Crippen LogP contribution >= 0.6 is 23.4 Å². The Hall–Kier alpha value is -2.18. The second-order valence-electron chi connectivity index (χ2n) is 5.59. The van der Waals surface area contributed by atoms with Crippen molar-refractivity contribution in [3.05, 3.63) is 58.9 Å². The van der Waals surface area contributed by atoms with Crippen LogP contribution in [0.2, 0.25) is 5.02 Å². The number of hydrogen-bond acceptors (Lipinski definition) is 6. The first-order valence-electron chi connectivity index (χ1n) is 8.02. The Morgan fingerprint density at radius 2 is 1.81 bits per heavy atom. The number of methoxy groups -OCH3 is 2. The highest BCUT2D eigenvalue weighted by molar-refractivity contribution is 7.98. The molecule has 0 aliphatic rings. The molecule has 0 bridgehead atoms. The fourth-order valence-corrected chi connectivity index (χ4v) is 3.42. The van der Waals surface area contributed by atoms with Crippen LogP contribution in [0.4, 0.5) is 0 Å². The lowest BCUT2D eigenvalue weighted by Gasteiger charge is -2.09. The molecular weight excluding hydrogens is 372 g/mol. The summed E-state index contributed by atoms with van der Waals surface area (Å²) < 4.78 is 15.9. The van der Waals surface area contributed by atoms with Gasteiger partial charge in [0.25, 0.3) is 0 Å². The van der Waals surface area contributed by atoms with Crippen molar-refractivity contribution in [1.29, 1.82) is 0 Å². The van der Waals surface area contributed by atoms with E-state index in [4.69, 9.17) is 25.6 Å². The number of rotatable bonds is 7. The maximum absolute atomic E-state index is 5.93. The lowest BCUT2D eigenvalue weighted by atomic mass is 10.2. The Kier molecular flexibility index (Phi) is 6.06. The number of halogens is 1. The molecule has 136 valence electrons. The number of thioether (sulfide) groups is 1. The van der Waals surface area contributed by atoms with E-state index in [1.54, 1.807) is 26.0 Å². The van der Waals surface area contributed by atoms with Crippen LogP contribution in [0.5, 0.6) is 11.5 Å². The van der Waals surface area contributed by atoms with Gasteiger partial charge in [0.05, 0.1) is 20.0 Å². The van der Waals surface area contributed by atoms with E-state index in [0.29, 0.717) is 34.2 Å². The van der Waals surface area contributed by atoms with E-state index in [1.165, 1.54) is 5.56 Å². The average molecular weight is 391 g/mol. The minimum Gasteiger partial charge on any atom is -0.493 e. The third-order valence-electron chi connectivity index (χ3n) is 3.91. The van der Waals surface area contributed by atoms with Crippen molar-refractivity contribution >= 4 is 23.4 Å². The number of aromatic nitrogens is 2. The van der Waals surface area contributed by atoms with Gasteiger partial charge in [-0.15, -0.1) is 11.8 Å². The number of benzene rings is 2. The molecule has 1 heterocycles. The molecule has 0 spiro atoms. The molecule has 0 amide bonds. The minimum atomic E-state index is 0.295. The quantitative estimate of drug-likeness (QED) is 0.538. The predicted octanol–water partition coefficient (Wildman–Crippen LogP) is 5.40. The molecule has 0 aliphatic carbocycles. The van der Waals surface area contributed by atoms with Gasteiger partial charge >= 0.3 is 0 Å². The lowest BCUT2D eigenvalue weighted by Crippen LogP contribution is -1.92. The molecule has 3 aromatic rings. The van der Waals surface area contributed by atoms with Gasteiger partial charge in [-0.2, -0.15) is 4.98 Å². The van der Waals surface area contributed by atoms with E-state index in [1.807, 2.05) is 42.5 Å². The predicted molar refractivity (Wildman–Crippen MR) is 104 cm³/mol. The summed E-state index contributed by atoms with van der Waals surface area (Å²) in [5.74, 6) is 3.03. The SMILES string of the molecule is COc1ccc(-c2noc(CSC(C)c3ccc(Cl)cc3)n2)cc1OC. The van der Waals surface area contributed by atoms with E-state index >= 15 is 0 Å². The summed E-state index contributed by atoms with van der Waals surface area (Å²) in [5, 5.41) is 5.10. The maximum atomic E-state index is 5.93. The Morgan fingerprint density at radius 3 is 2.50 bits per heavy atom.